The van der Waals surface area contributed by atoms with Crippen LogP contribution in [0.3, 0.4) is 0 Å². The fourth-order valence-electron chi connectivity index (χ4n) is 9.25. The summed E-state index contributed by atoms with van der Waals surface area (Å²) in [5.74, 6) is 0. The van der Waals surface area contributed by atoms with Crippen LogP contribution in [0, 0.1) is 0 Å². The van der Waals surface area contributed by atoms with Gasteiger partial charge in [-0.25, -0.2) is 0 Å². The van der Waals surface area contributed by atoms with Crippen LogP contribution in [0.15, 0.2) is 127 Å². The zero-order chi connectivity index (χ0) is 31.0. The predicted molar refractivity (Wildman–Crippen MR) is 191 cm³/mol. The van der Waals surface area contributed by atoms with Crippen molar-refractivity contribution in [3.63, 3.8) is 0 Å². The van der Waals surface area contributed by atoms with Crippen molar-refractivity contribution in [3.8, 4) is 33.4 Å². The van der Waals surface area contributed by atoms with Crippen LogP contribution in [0.4, 0.5) is 0 Å². The first-order chi connectivity index (χ1) is 23.3. The molecule has 0 saturated carbocycles. The number of hydrogen-bond acceptors (Lipinski definition) is 2. The number of benzene rings is 6. The van der Waals surface area contributed by atoms with Crippen LogP contribution in [0.5, 0.6) is 0 Å². The molecular weight excluding hydrogens is 571 g/mol. The molecule has 0 spiro atoms. The van der Waals surface area contributed by atoms with Gasteiger partial charge in [0, 0.05) is 0 Å². The minimum atomic E-state index is -0.782. The molecule has 10 rings (SSSR count). The quantitative estimate of drug-likeness (QED) is 0.197. The van der Waals surface area contributed by atoms with E-state index in [0.29, 0.717) is 0 Å². The highest BCUT2D eigenvalue weighted by Gasteiger charge is 2.47. The van der Waals surface area contributed by atoms with Gasteiger partial charge >= 0.3 is 0 Å². The van der Waals surface area contributed by atoms with Crippen molar-refractivity contribution in [2.24, 2.45) is 0 Å². The molecule has 0 radical (unpaired) electrons. The van der Waals surface area contributed by atoms with Gasteiger partial charge in [0.2, 0.25) is 0 Å². The second-order valence-electron chi connectivity index (χ2n) is 13.7. The molecule has 0 aromatic heterocycles. The maximum absolute atomic E-state index is 7.97. The van der Waals surface area contributed by atoms with Crippen molar-refractivity contribution in [1.82, 2.24) is 5.32 Å². The lowest BCUT2D eigenvalue weighted by atomic mass is 9.72. The minimum absolute atomic E-state index is 0.134. The van der Waals surface area contributed by atoms with Gasteiger partial charge in [-0.1, -0.05) is 127 Å². The van der Waals surface area contributed by atoms with Gasteiger partial charge < -0.3 is 10.1 Å². The highest BCUT2D eigenvalue weighted by Crippen LogP contribution is 2.54. The van der Waals surface area contributed by atoms with Crippen molar-refractivity contribution in [2.75, 3.05) is 13.1 Å². The molecule has 228 valence electrons. The summed E-state index contributed by atoms with van der Waals surface area (Å²) in [7, 11) is 0. The van der Waals surface area contributed by atoms with E-state index in [0.717, 1.165) is 45.2 Å². The summed E-state index contributed by atoms with van der Waals surface area (Å²) in [4.78, 5) is 0. The Morgan fingerprint density at radius 3 is 1.19 bits per heavy atom. The Labute approximate surface area is 277 Å². The number of piperidine rings is 1. The number of ether oxygens (including phenoxy) is 1. The third kappa shape index (κ3) is 4.05. The first kappa shape index (κ1) is 27.4. The monoisotopic (exact) mass is 607 g/mol. The Kier molecular flexibility index (Phi) is 6.19. The summed E-state index contributed by atoms with van der Waals surface area (Å²) < 4.78 is 7.97. The second kappa shape index (κ2) is 10.6. The molecule has 2 nitrogen and oxygen atoms in total. The van der Waals surface area contributed by atoms with Crippen LogP contribution in [-0.2, 0) is 29.6 Å². The molecule has 1 N–H and O–H groups in total. The van der Waals surface area contributed by atoms with Crippen molar-refractivity contribution in [2.45, 2.75) is 43.8 Å². The normalized spacial score (nSPS) is 15.8. The van der Waals surface area contributed by atoms with E-state index < -0.39 is 5.60 Å². The summed E-state index contributed by atoms with van der Waals surface area (Å²) in [5.41, 5.74) is 19.7. The van der Waals surface area contributed by atoms with E-state index in [1.165, 1.54) is 83.5 Å². The third-order valence-electron chi connectivity index (χ3n) is 11.3. The van der Waals surface area contributed by atoms with Gasteiger partial charge in [-0.05, 0) is 129 Å². The molecule has 1 heterocycles. The van der Waals surface area contributed by atoms with Crippen LogP contribution in [-0.4, -0.2) is 19.2 Å². The van der Waals surface area contributed by atoms with Gasteiger partial charge in [0.05, 0.1) is 6.10 Å². The molecule has 0 unspecified atom stereocenters. The number of rotatable bonds is 5. The Balaban J connectivity index is 1.31. The van der Waals surface area contributed by atoms with Crippen molar-refractivity contribution in [1.29, 1.82) is 0 Å². The van der Waals surface area contributed by atoms with Crippen molar-refractivity contribution < 1.29 is 4.74 Å². The van der Waals surface area contributed by atoms with E-state index in [9.17, 15) is 0 Å². The maximum atomic E-state index is 7.97. The Hall–Kier alpha value is -4.76. The summed E-state index contributed by atoms with van der Waals surface area (Å²) in [6, 6.07) is 48.0. The molecule has 2 heteroatoms. The molecule has 1 aliphatic heterocycles. The average molecular weight is 608 g/mol. The Bertz CT molecular complexity index is 1970. The van der Waals surface area contributed by atoms with Crippen molar-refractivity contribution in [3.05, 3.63) is 177 Å². The molecule has 1 saturated heterocycles. The lowest BCUT2D eigenvalue weighted by molar-refractivity contribution is -0.0603. The van der Waals surface area contributed by atoms with E-state index in [1.54, 1.807) is 0 Å². The van der Waals surface area contributed by atoms with Crippen LogP contribution >= 0.6 is 0 Å². The second-order valence-corrected chi connectivity index (χ2v) is 13.7. The van der Waals surface area contributed by atoms with Gasteiger partial charge in [-0.2, -0.15) is 0 Å². The molecule has 0 bridgehead atoms. The van der Waals surface area contributed by atoms with Crippen LogP contribution in [0.25, 0.3) is 33.4 Å². The van der Waals surface area contributed by atoms with E-state index in [-0.39, 0.29) is 6.10 Å². The standard InChI is InChI=1S/C45H37NO/c1-4-13-33-29(10-1)26-39-36(33)16-7-19-42(39)45(47-32-22-24-46-25-23-32,43-20-8-17-37-34-14-5-2-11-30(34)27-40(37)43)44-21-9-18-38-35-15-6-3-12-31(35)28-41(38)44/h1-21,32,46H,22-28H2. The van der Waals surface area contributed by atoms with Crippen LogP contribution in [0.1, 0.15) is 62.9 Å². The number of fused-ring (bicyclic) bond motifs is 9. The maximum Gasteiger partial charge on any atom is 0.145 e. The van der Waals surface area contributed by atoms with Gasteiger partial charge in [0.25, 0.3) is 0 Å². The topological polar surface area (TPSA) is 21.3 Å². The number of hydrogen-bond donors (Lipinski definition) is 1. The van der Waals surface area contributed by atoms with Crippen LogP contribution < -0.4 is 5.32 Å². The fraction of sp³-hybridized carbons (Fsp3) is 0.200. The first-order valence-electron chi connectivity index (χ1n) is 17.3. The number of nitrogens with one attached hydrogen (secondary N) is 1. The van der Waals surface area contributed by atoms with E-state index in [1.807, 2.05) is 0 Å². The van der Waals surface area contributed by atoms with Crippen molar-refractivity contribution >= 4 is 0 Å². The summed E-state index contributed by atoms with van der Waals surface area (Å²) >= 11 is 0. The Morgan fingerprint density at radius 2 is 0.787 bits per heavy atom. The highest BCUT2D eigenvalue weighted by molar-refractivity contribution is 5.84. The van der Waals surface area contributed by atoms with Crippen LogP contribution in [0.2, 0.25) is 0 Å². The summed E-state index contributed by atoms with van der Waals surface area (Å²) in [6.45, 7) is 1.96. The Morgan fingerprint density at radius 1 is 0.426 bits per heavy atom. The van der Waals surface area contributed by atoms with Gasteiger partial charge in [-0.3, -0.25) is 0 Å². The smallest absolute Gasteiger partial charge is 0.145 e. The van der Waals surface area contributed by atoms with E-state index in [2.05, 4.69) is 133 Å². The molecule has 1 fully saturated rings. The molecule has 6 aromatic carbocycles. The molecule has 4 aliphatic rings. The lowest BCUT2D eigenvalue weighted by Crippen LogP contribution is -2.43. The molecule has 0 atom stereocenters. The highest BCUT2D eigenvalue weighted by atomic mass is 16.5. The molecule has 47 heavy (non-hydrogen) atoms. The fourth-order valence-corrected chi connectivity index (χ4v) is 9.25. The molecule has 0 amide bonds. The lowest BCUT2D eigenvalue weighted by Gasteiger charge is -2.43. The SMILES string of the molecule is c1ccc2c(c1)Cc1c-2cccc1C(OC1CCNCC1)(c1cccc2c1Cc1ccccc1-2)c1cccc2c1Cc1ccccc1-2. The summed E-state index contributed by atoms with van der Waals surface area (Å²) in [5, 5.41) is 3.60. The molecule has 3 aliphatic carbocycles. The molecular formula is C45H37NO. The third-order valence-corrected chi connectivity index (χ3v) is 11.3. The van der Waals surface area contributed by atoms with Gasteiger partial charge in [0.1, 0.15) is 5.60 Å². The zero-order valence-corrected chi connectivity index (χ0v) is 26.6. The largest absolute Gasteiger partial charge is 0.357 e. The van der Waals surface area contributed by atoms with E-state index in [4.69, 9.17) is 4.74 Å². The average Bonchev–Trinajstić information content (AvgIpc) is 3.82. The van der Waals surface area contributed by atoms with E-state index >= 15 is 0 Å². The van der Waals surface area contributed by atoms with Gasteiger partial charge in [-0.15, -0.1) is 0 Å². The first-order valence-corrected chi connectivity index (χ1v) is 17.3. The molecule has 6 aromatic rings. The van der Waals surface area contributed by atoms with Gasteiger partial charge in [0.15, 0.2) is 0 Å². The summed E-state index contributed by atoms with van der Waals surface area (Å²) in [6.07, 6.45) is 4.90. The predicted octanol–water partition coefficient (Wildman–Crippen LogP) is 9.46. The minimum Gasteiger partial charge on any atom is -0.357 e. The zero-order valence-electron chi connectivity index (χ0n) is 26.6.